The Kier molecular flexibility index (Phi) is 6.36. The maximum atomic E-state index is 12.7. The first-order valence-electron chi connectivity index (χ1n) is 9.57. The minimum atomic E-state index is -0.502. The summed E-state index contributed by atoms with van der Waals surface area (Å²) in [7, 11) is 0. The first-order valence-corrected chi connectivity index (χ1v) is 10.8. The summed E-state index contributed by atoms with van der Waals surface area (Å²) in [6.07, 6.45) is 1.58. The molecule has 0 spiro atoms. The predicted octanol–water partition coefficient (Wildman–Crippen LogP) is 6.15. The molecule has 0 aliphatic heterocycles. The Morgan fingerprint density at radius 3 is 2.52 bits per heavy atom. The van der Waals surface area contributed by atoms with Crippen LogP contribution < -0.4 is 5.32 Å². The highest BCUT2D eigenvalue weighted by molar-refractivity contribution is 7.14. The molecule has 0 unspecified atom stereocenters. The van der Waals surface area contributed by atoms with E-state index in [9.17, 15) is 15.3 Å². The highest BCUT2D eigenvalue weighted by atomic mass is 35.5. The van der Waals surface area contributed by atoms with Gasteiger partial charge in [0, 0.05) is 27.0 Å². The summed E-state index contributed by atoms with van der Waals surface area (Å²) in [6, 6.07) is 11.4. The van der Waals surface area contributed by atoms with E-state index in [-0.39, 0.29) is 5.57 Å². The second-order valence-electron chi connectivity index (χ2n) is 7.27. The smallest absolute Gasteiger partial charge is 0.266 e. The zero-order valence-corrected chi connectivity index (χ0v) is 19.5. The van der Waals surface area contributed by atoms with E-state index < -0.39 is 5.91 Å². The molecule has 1 N–H and O–H groups in total. The molecule has 7 heteroatoms. The van der Waals surface area contributed by atoms with E-state index >= 15 is 0 Å². The van der Waals surface area contributed by atoms with Gasteiger partial charge in [-0.15, -0.1) is 11.3 Å². The number of aryl methyl sites for hydroxylation is 2. The fraction of sp³-hybridized carbons (Fsp3) is 0.208. The van der Waals surface area contributed by atoms with Crippen LogP contribution in [0.1, 0.15) is 38.5 Å². The van der Waals surface area contributed by atoms with Gasteiger partial charge < -0.3 is 9.88 Å². The lowest BCUT2D eigenvalue weighted by molar-refractivity contribution is -0.112. The second kappa shape index (κ2) is 8.81. The van der Waals surface area contributed by atoms with Crippen LogP contribution in [-0.4, -0.2) is 10.5 Å². The van der Waals surface area contributed by atoms with Crippen molar-refractivity contribution in [3.8, 4) is 17.1 Å². The zero-order valence-electron chi connectivity index (χ0n) is 17.9. The average Bonchev–Trinajstić information content (AvgIpc) is 3.17. The summed E-state index contributed by atoms with van der Waals surface area (Å²) >= 11 is 7.68. The molecule has 0 saturated heterocycles. The van der Waals surface area contributed by atoms with Crippen LogP contribution in [0, 0.1) is 57.3 Å². The number of nitrogens with one attached hydrogen (secondary N) is 1. The minimum Gasteiger partial charge on any atom is -0.321 e. The molecule has 0 aliphatic rings. The van der Waals surface area contributed by atoms with E-state index in [0.29, 0.717) is 16.3 Å². The quantitative estimate of drug-likeness (QED) is 0.383. The number of carbonyl (C=O) groups is 1. The fourth-order valence-electron chi connectivity index (χ4n) is 3.38. The largest absolute Gasteiger partial charge is 0.321 e. The number of halogens is 1. The van der Waals surface area contributed by atoms with E-state index in [4.69, 9.17) is 11.6 Å². The number of thiophene rings is 1. The van der Waals surface area contributed by atoms with Gasteiger partial charge in [-0.25, -0.2) is 0 Å². The average molecular weight is 449 g/mol. The third-order valence-electron chi connectivity index (χ3n) is 5.33. The van der Waals surface area contributed by atoms with Crippen LogP contribution in [0.5, 0.6) is 0 Å². The van der Waals surface area contributed by atoms with E-state index in [2.05, 4.69) is 11.4 Å². The van der Waals surface area contributed by atoms with Gasteiger partial charge in [0.05, 0.1) is 5.56 Å². The molecule has 3 rings (SSSR count). The Hall–Kier alpha value is -3.32. The van der Waals surface area contributed by atoms with Crippen LogP contribution in [0.15, 0.2) is 29.8 Å². The monoisotopic (exact) mass is 448 g/mol. The van der Waals surface area contributed by atoms with Crippen LogP contribution in [0.3, 0.4) is 0 Å². The molecular formula is C24H21ClN4OS. The van der Waals surface area contributed by atoms with Gasteiger partial charge in [0.25, 0.3) is 5.91 Å². The number of carbonyl (C=O) groups excluding carboxylic acids is 1. The van der Waals surface area contributed by atoms with Gasteiger partial charge in [-0.1, -0.05) is 17.7 Å². The SMILES string of the molecule is Cc1sc(-n2c(C)cc(/C=C(/C#N)C(=O)Nc3cccc(Cl)c3C)c2C)c(C#N)c1C. The maximum absolute atomic E-state index is 12.7. The van der Waals surface area contributed by atoms with E-state index in [1.807, 2.05) is 44.4 Å². The standard InChI is InChI=1S/C24H21ClN4OS/c1-13-9-18(16(4)29(13)24-20(12-27)14(2)17(5)31-24)10-19(11-26)23(30)28-22-8-6-7-21(25)15(22)3/h6-10H,1-5H3,(H,28,30)/b19-10-. The first kappa shape index (κ1) is 22.4. The summed E-state index contributed by atoms with van der Waals surface area (Å²) < 4.78 is 2.00. The van der Waals surface area contributed by atoms with Crippen molar-refractivity contribution in [1.29, 1.82) is 10.5 Å². The number of hydrogen-bond donors (Lipinski definition) is 1. The maximum Gasteiger partial charge on any atom is 0.266 e. The van der Waals surface area contributed by atoms with Crippen LogP contribution in [0.25, 0.3) is 11.1 Å². The zero-order chi connectivity index (χ0) is 22.9. The van der Waals surface area contributed by atoms with Crippen molar-refractivity contribution in [2.45, 2.75) is 34.6 Å². The highest BCUT2D eigenvalue weighted by Gasteiger charge is 2.19. The van der Waals surface area contributed by atoms with Crippen molar-refractivity contribution in [2.75, 3.05) is 5.32 Å². The molecule has 0 aliphatic carbocycles. The number of anilines is 1. The lowest BCUT2D eigenvalue weighted by Gasteiger charge is -2.09. The van der Waals surface area contributed by atoms with Gasteiger partial charge in [-0.3, -0.25) is 4.79 Å². The summed E-state index contributed by atoms with van der Waals surface area (Å²) in [6.45, 7) is 9.60. The number of aromatic nitrogens is 1. The van der Waals surface area contributed by atoms with Crippen molar-refractivity contribution < 1.29 is 4.79 Å². The summed E-state index contributed by atoms with van der Waals surface area (Å²) in [5, 5.41) is 23.4. The molecule has 2 heterocycles. The first-order chi connectivity index (χ1) is 14.7. The number of nitrogens with zero attached hydrogens (tertiary/aromatic N) is 3. The van der Waals surface area contributed by atoms with Crippen LogP contribution in [0.2, 0.25) is 5.02 Å². The molecule has 0 atom stereocenters. The van der Waals surface area contributed by atoms with E-state index in [0.717, 1.165) is 38.0 Å². The molecular weight excluding hydrogens is 428 g/mol. The molecule has 2 aromatic heterocycles. The molecule has 1 aromatic carbocycles. The van der Waals surface area contributed by atoms with Gasteiger partial charge in [-0.05, 0) is 75.6 Å². The normalized spacial score (nSPS) is 11.2. The Balaban J connectivity index is 2.02. The van der Waals surface area contributed by atoms with Gasteiger partial charge in [0.1, 0.15) is 22.7 Å². The minimum absolute atomic E-state index is 0.0151. The molecule has 5 nitrogen and oxygen atoms in total. The molecule has 3 aromatic rings. The predicted molar refractivity (Wildman–Crippen MR) is 126 cm³/mol. The molecule has 0 fully saturated rings. The summed E-state index contributed by atoms with van der Waals surface area (Å²) in [5.41, 5.74) is 5.43. The molecule has 156 valence electrons. The van der Waals surface area contributed by atoms with Crippen molar-refractivity contribution in [1.82, 2.24) is 4.57 Å². The fourth-order valence-corrected chi connectivity index (χ4v) is 4.77. The van der Waals surface area contributed by atoms with Gasteiger partial charge in [-0.2, -0.15) is 10.5 Å². The number of rotatable bonds is 4. The molecule has 0 saturated carbocycles. The summed E-state index contributed by atoms with van der Waals surface area (Å²) in [4.78, 5) is 13.8. The second-order valence-corrected chi connectivity index (χ2v) is 8.88. The Labute approximate surface area is 190 Å². The van der Waals surface area contributed by atoms with Crippen LogP contribution in [0.4, 0.5) is 5.69 Å². The van der Waals surface area contributed by atoms with Gasteiger partial charge >= 0.3 is 0 Å². The van der Waals surface area contributed by atoms with Crippen LogP contribution >= 0.6 is 22.9 Å². The molecule has 0 radical (unpaired) electrons. The molecule has 0 bridgehead atoms. The van der Waals surface area contributed by atoms with E-state index in [1.54, 1.807) is 42.5 Å². The van der Waals surface area contributed by atoms with Gasteiger partial charge in [0.2, 0.25) is 0 Å². The lowest BCUT2D eigenvalue weighted by Crippen LogP contribution is -2.14. The van der Waals surface area contributed by atoms with Crippen LogP contribution in [-0.2, 0) is 4.79 Å². The topological polar surface area (TPSA) is 81.6 Å². The highest BCUT2D eigenvalue weighted by Crippen LogP contribution is 2.34. The Bertz CT molecular complexity index is 1310. The Morgan fingerprint density at radius 1 is 1.16 bits per heavy atom. The number of benzene rings is 1. The van der Waals surface area contributed by atoms with Crippen molar-refractivity contribution in [2.24, 2.45) is 0 Å². The van der Waals surface area contributed by atoms with E-state index in [1.165, 1.54) is 0 Å². The van der Waals surface area contributed by atoms with Crippen molar-refractivity contribution >= 4 is 40.6 Å². The summed E-state index contributed by atoms with van der Waals surface area (Å²) in [5.74, 6) is -0.502. The number of amides is 1. The van der Waals surface area contributed by atoms with Crippen molar-refractivity contribution in [3.63, 3.8) is 0 Å². The number of nitriles is 2. The van der Waals surface area contributed by atoms with Crippen molar-refractivity contribution in [3.05, 3.63) is 73.4 Å². The third kappa shape index (κ3) is 4.14. The molecule has 31 heavy (non-hydrogen) atoms. The Morgan fingerprint density at radius 2 is 1.87 bits per heavy atom. The lowest BCUT2D eigenvalue weighted by atomic mass is 10.1. The third-order valence-corrected chi connectivity index (χ3v) is 6.93. The molecule has 1 amide bonds. The number of hydrogen-bond acceptors (Lipinski definition) is 4. The van der Waals surface area contributed by atoms with Gasteiger partial charge in [0.15, 0.2) is 0 Å².